The van der Waals surface area contributed by atoms with E-state index in [0.717, 1.165) is 0 Å². The first-order valence-electron chi connectivity index (χ1n) is 7.60. The van der Waals surface area contributed by atoms with Crippen LogP contribution in [0.4, 0.5) is 17.1 Å². The van der Waals surface area contributed by atoms with Gasteiger partial charge in [0.25, 0.3) is 17.5 Å². The average Bonchev–Trinajstić information content (AvgIpc) is 3.14. The van der Waals surface area contributed by atoms with Gasteiger partial charge in [-0.05, 0) is 30.3 Å². The number of nitro benzene ring substituents is 1. The molecule has 0 unspecified atom stereocenters. The molecule has 9 nitrogen and oxygen atoms in total. The van der Waals surface area contributed by atoms with Crippen molar-refractivity contribution in [1.82, 2.24) is 9.97 Å². The van der Waals surface area contributed by atoms with Gasteiger partial charge in [-0.2, -0.15) is 0 Å². The van der Waals surface area contributed by atoms with Crippen molar-refractivity contribution in [2.75, 3.05) is 10.6 Å². The number of amides is 2. The molecule has 3 N–H and O–H groups in total. The van der Waals surface area contributed by atoms with Gasteiger partial charge in [-0.25, -0.2) is 4.98 Å². The molecule has 1 aromatic heterocycles. The smallest absolute Gasteiger partial charge is 0.276 e. The fourth-order valence-corrected chi connectivity index (χ4v) is 2.38. The zero-order valence-electron chi connectivity index (χ0n) is 13.6. The van der Waals surface area contributed by atoms with Crippen molar-refractivity contribution in [3.8, 4) is 0 Å². The fraction of sp³-hybridized carbons (Fsp3) is 0. The van der Waals surface area contributed by atoms with Crippen LogP contribution >= 0.6 is 11.6 Å². The molecule has 2 amide bonds. The Kier molecular flexibility index (Phi) is 5.13. The number of aromatic amines is 1. The van der Waals surface area contributed by atoms with E-state index in [0.29, 0.717) is 10.7 Å². The number of imidazole rings is 1. The van der Waals surface area contributed by atoms with E-state index in [-0.39, 0.29) is 22.8 Å². The summed E-state index contributed by atoms with van der Waals surface area (Å²) in [5.41, 5.74) is 0.335. The summed E-state index contributed by atoms with van der Waals surface area (Å²) in [5.74, 6) is -1.25. The zero-order valence-corrected chi connectivity index (χ0v) is 14.4. The lowest BCUT2D eigenvalue weighted by Gasteiger charge is -2.07. The molecule has 0 aliphatic carbocycles. The molecule has 0 spiro atoms. The molecule has 3 aromatic rings. The molecule has 3 rings (SSSR count). The van der Waals surface area contributed by atoms with E-state index < -0.39 is 16.7 Å². The lowest BCUT2D eigenvalue weighted by molar-refractivity contribution is -0.384. The zero-order chi connectivity index (χ0) is 19.4. The SMILES string of the molecule is O=C(Nc1cccc([N+](=O)[O-])c1)c1nc[nH]c1C(=O)Nc1ccc(Cl)cc1. The van der Waals surface area contributed by atoms with E-state index in [2.05, 4.69) is 20.6 Å². The maximum absolute atomic E-state index is 12.4. The van der Waals surface area contributed by atoms with Crippen LogP contribution in [0.25, 0.3) is 0 Å². The lowest BCUT2D eigenvalue weighted by atomic mass is 10.2. The number of hydrogen-bond donors (Lipinski definition) is 3. The largest absolute Gasteiger partial charge is 0.340 e. The number of H-pyrrole nitrogens is 1. The van der Waals surface area contributed by atoms with Crippen LogP contribution < -0.4 is 10.6 Å². The summed E-state index contributed by atoms with van der Waals surface area (Å²) in [6, 6.07) is 11.9. The molecule has 0 saturated carbocycles. The van der Waals surface area contributed by atoms with E-state index in [9.17, 15) is 19.7 Å². The maximum atomic E-state index is 12.4. The Morgan fingerprint density at radius 2 is 1.74 bits per heavy atom. The molecule has 10 heteroatoms. The molecular weight excluding hydrogens is 374 g/mol. The Labute approximate surface area is 157 Å². The van der Waals surface area contributed by atoms with E-state index in [1.807, 2.05) is 0 Å². The first-order valence-corrected chi connectivity index (χ1v) is 7.98. The van der Waals surface area contributed by atoms with Crippen LogP contribution in [0.1, 0.15) is 21.0 Å². The number of hydrogen-bond acceptors (Lipinski definition) is 5. The summed E-state index contributed by atoms with van der Waals surface area (Å²) >= 11 is 5.80. The number of nitro groups is 1. The minimum absolute atomic E-state index is 0.0483. The van der Waals surface area contributed by atoms with Gasteiger partial charge in [-0.15, -0.1) is 0 Å². The Hall–Kier alpha value is -3.72. The Morgan fingerprint density at radius 3 is 2.44 bits per heavy atom. The first kappa shape index (κ1) is 18.1. The summed E-state index contributed by atoms with van der Waals surface area (Å²) < 4.78 is 0. The molecule has 0 atom stereocenters. The number of rotatable bonds is 5. The van der Waals surface area contributed by atoms with Gasteiger partial charge in [-0.3, -0.25) is 19.7 Å². The van der Waals surface area contributed by atoms with Crippen LogP contribution in [-0.4, -0.2) is 26.7 Å². The Morgan fingerprint density at radius 1 is 1.04 bits per heavy atom. The summed E-state index contributed by atoms with van der Waals surface area (Å²) in [5, 5.41) is 16.4. The third kappa shape index (κ3) is 4.28. The van der Waals surface area contributed by atoms with Crippen LogP contribution in [0.2, 0.25) is 5.02 Å². The standard InChI is InChI=1S/C17H12ClN5O4/c18-10-4-6-11(7-5-10)21-16(24)14-15(20-9-19-14)17(25)22-12-2-1-3-13(8-12)23(26)27/h1-9H,(H,19,20)(H,21,24)(H,22,25). The number of anilines is 2. The second kappa shape index (κ2) is 7.67. The molecule has 0 aliphatic heterocycles. The van der Waals surface area contributed by atoms with Gasteiger partial charge in [0.05, 0.1) is 11.3 Å². The summed E-state index contributed by atoms with van der Waals surface area (Å²) in [6.07, 6.45) is 1.21. The van der Waals surface area contributed by atoms with Crippen molar-refractivity contribution in [2.24, 2.45) is 0 Å². The number of aromatic nitrogens is 2. The minimum Gasteiger partial charge on any atom is -0.340 e. The summed E-state index contributed by atoms with van der Waals surface area (Å²) in [7, 11) is 0. The quantitative estimate of drug-likeness (QED) is 0.457. The second-order valence-electron chi connectivity index (χ2n) is 5.35. The van der Waals surface area contributed by atoms with E-state index in [1.54, 1.807) is 24.3 Å². The van der Waals surface area contributed by atoms with Crippen molar-refractivity contribution in [3.05, 3.63) is 81.4 Å². The summed E-state index contributed by atoms with van der Waals surface area (Å²) in [4.78, 5) is 41.5. The first-order chi connectivity index (χ1) is 12.9. The number of halogens is 1. The topological polar surface area (TPSA) is 130 Å². The van der Waals surface area contributed by atoms with Crippen molar-refractivity contribution in [1.29, 1.82) is 0 Å². The number of carbonyl (C=O) groups excluding carboxylic acids is 2. The van der Waals surface area contributed by atoms with E-state index in [1.165, 1.54) is 30.6 Å². The van der Waals surface area contributed by atoms with Gasteiger partial charge >= 0.3 is 0 Å². The second-order valence-corrected chi connectivity index (χ2v) is 5.79. The monoisotopic (exact) mass is 385 g/mol. The lowest BCUT2D eigenvalue weighted by Crippen LogP contribution is -2.20. The van der Waals surface area contributed by atoms with Crippen molar-refractivity contribution < 1.29 is 14.5 Å². The number of carbonyl (C=O) groups is 2. The predicted molar refractivity (Wildman–Crippen MR) is 99.0 cm³/mol. The number of benzene rings is 2. The summed E-state index contributed by atoms with van der Waals surface area (Å²) in [6.45, 7) is 0. The minimum atomic E-state index is -0.682. The highest BCUT2D eigenvalue weighted by Gasteiger charge is 2.21. The fourth-order valence-electron chi connectivity index (χ4n) is 2.25. The molecule has 0 fully saturated rings. The highest BCUT2D eigenvalue weighted by atomic mass is 35.5. The van der Waals surface area contributed by atoms with Crippen LogP contribution in [-0.2, 0) is 0 Å². The molecule has 0 bridgehead atoms. The molecule has 0 aliphatic rings. The molecule has 27 heavy (non-hydrogen) atoms. The number of nitrogens with zero attached hydrogens (tertiary/aromatic N) is 2. The third-order valence-electron chi connectivity index (χ3n) is 3.50. The van der Waals surface area contributed by atoms with Gasteiger partial charge in [0.2, 0.25) is 0 Å². The van der Waals surface area contributed by atoms with Crippen molar-refractivity contribution in [2.45, 2.75) is 0 Å². The average molecular weight is 386 g/mol. The van der Waals surface area contributed by atoms with Gasteiger partial charge in [0.1, 0.15) is 5.69 Å². The van der Waals surface area contributed by atoms with E-state index in [4.69, 9.17) is 11.6 Å². The van der Waals surface area contributed by atoms with Gasteiger partial charge < -0.3 is 15.6 Å². The molecule has 0 radical (unpaired) electrons. The van der Waals surface area contributed by atoms with Gasteiger partial charge in [0.15, 0.2) is 5.69 Å². The number of nitrogens with one attached hydrogen (secondary N) is 3. The Balaban J connectivity index is 1.76. The number of non-ortho nitro benzene ring substituents is 1. The van der Waals surface area contributed by atoms with Crippen LogP contribution in [0, 0.1) is 10.1 Å². The molecule has 136 valence electrons. The highest BCUT2D eigenvalue weighted by Crippen LogP contribution is 2.19. The molecular formula is C17H12ClN5O4. The predicted octanol–water partition coefficient (Wildman–Crippen LogP) is 3.48. The van der Waals surface area contributed by atoms with Gasteiger partial charge in [0, 0.05) is 28.5 Å². The van der Waals surface area contributed by atoms with Gasteiger partial charge in [-0.1, -0.05) is 17.7 Å². The van der Waals surface area contributed by atoms with Crippen LogP contribution in [0.15, 0.2) is 54.9 Å². The van der Waals surface area contributed by atoms with Crippen LogP contribution in [0.5, 0.6) is 0 Å². The highest BCUT2D eigenvalue weighted by molar-refractivity contribution is 6.30. The van der Waals surface area contributed by atoms with Crippen molar-refractivity contribution in [3.63, 3.8) is 0 Å². The van der Waals surface area contributed by atoms with Crippen LogP contribution in [0.3, 0.4) is 0 Å². The molecule has 1 heterocycles. The van der Waals surface area contributed by atoms with E-state index >= 15 is 0 Å². The molecule has 0 saturated heterocycles. The maximum Gasteiger partial charge on any atom is 0.276 e. The third-order valence-corrected chi connectivity index (χ3v) is 3.75. The Bertz CT molecular complexity index is 1020. The molecule has 2 aromatic carbocycles. The normalized spacial score (nSPS) is 10.3. The van der Waals surface area contributed by atoms with Crippen molar-refractivity contribution >= 4 is 40.5 Å².